The third kappa shape index (κ3) is 2.81. The normalized spacial score (nSPS) is 10.8. The molecular weight excluding hydrogens is 333 g/mol. The van der Waals surface area contributed by atoms with Crippen molar-refractivity contribution in [3.05, 3.63) is 70.3 Å². The Hall–Kier alpha value is -2.93. The summed E-state index contributed by atoms with van der Waals surface area (Å²) in [7, 11) is 1.57. The monoisotopic (exact) mass is 345 g/mol. The number of hydrogen-bond acceptors (Lipinski definition) is 5. The van der Waals surface area contributed by atoms with Gasteiger partial charge < -0.3 is 14.4 Å². The van der Waals surface area contributed by atoms with Gasteiger partial charge in [-0.05, 0) is 30.3 Å². The maximum Gasteiger partial charge on any atom is 0.347 e. The van der Waals surface area contributed by atoms with Gasteiger partial charge in [-0.2, -0.15) is 0 Å². The van der Waals surface area contributed by atoms with Gasteiger partial charge in [0.05, 0.1) is 4.70 Å². The Morgan fingerprint density at radius 2 is 1.96 bits per heavy atom. The molecule has 0 saturated carbocycles. The van der Waals surface area contributed by atoms with Gasteiger partial charge in [0.15, 0.2) is 5.58 Å². The molecule has 0 aliphatic rings. The predicted octanol–water partition coefficient (Wildman–Crippen LogP) is 3.80. The molecule has 0 saturated heterocycles. The molecule has 0 atom stereocenters. The van der Waals surface area contributed by atoms with E-state index in [4.69, 9.17) is 4.42 Å². The number of thiophene rings is 1. The maximum atomic E-state index is 13.0. The van der Waals surface area contributed by atoms with Gasteiger partial charge in [-0.3, -0.25) is 4.79 Å². The molecule has 0 unspecified atom stereocenters. The Morgan fingerprint density at radius 1 is 1.29 bits per heavy atom. The standard InChI is InChI=1S/C17H12FNO4S/c1-9(20)12-7-14-13(23-17(12)22)8-15(24-14)19(2)16(21)10-3-5-11(18)6-4-10/h3-8,20H,1H2,2H3. The van der Waals surface area contributed by atoms with Crippen LogP contribution in [0.2, 0.25) is 0 Å². The lowest BCUT2D eigenvalue weighted by Crippen LogP contribution is -2.25. The van der Waals surface area contributed by atoms with Crippen molar-refractivity contribution < 1.29 is 18.7 Å². The summed E-state index contributed by atoms with van der Waals surface area (Å²) in [4.78, 5) is 25.6. The van der Waals surface area contributed by atoms with Gasteiger partial charge in [0.1, 0.15) is 22.1 Å². The van der Waals surface area contributed by atoms with Gasteiger partial charge in [-0.1, -0.05) is 6.58 Å². The first-order valence-electron chi connectivity index (χ1n) is 6.86. The Morgan fingerprint density at radius 3 is 2.58 bits per heavy atom. The van der Waals surface area contributed by atoms with Crippen molar-refractivity contribution in [1.82, 2.24) is 0 Å². The van der Waals surface area contributed by atoms with E-state index in [0.717, 1.165) is 0 Å². The molecule has 3 rings (SSSR count). The van der Waals surface area contributed by atoms with Crippen LogP contribution in [0.5, 0.6) is 0 Å². The van der Waals surface area contributed by atoms with Gasteiger partial charge >= 0.3 is 5.63 Å². The largest absolute Gasteiger partial charge is 0.508 e. The molecular formula is C17H12FNO4S. The highest BCUT2D eigenvalue weighted by Crippen LogP contribution is 2.33. The summed E-state index contributed by atoms with van der Waals surface area (Å²) in [5, 5.41) is 9.94. The summed E-state index contributed by atoms with van der Waals surface area (Å²) in [5.74, 6) is -1.12. The third-order valence-corrected chi connectivity index (χ3v) is 4.59. The second kappa shape index (κ2) is 5.93. The quantitative estimate of drug-likeness (QED) is 0.733. The number of halogens is 1. The molecule has 3 aromatic rings. The summed E-state index contributed by atoms with van der Waals surface area (Å²) in [6, 6.07) is 8.25. The molecule has 1 amide bonds. The van der Waals surface area contributed by atoms with E-state index < -0.39 is 11.4 Å². The summed E-state index contributed by atoms with van der Waals surface area (Å²) in [6.45, 7) is 3.31. The Kier molecular flexibility index (Phi) is 3.94. The first-order valence-corrected chi connectivity index (χ1v) is 7.68. The number of fused-ring (bicyclic) bond motifs is 1. The Balaban J connectivity index is 1.99. The maximum absolute atomic E-state index is 13.0. The van der Waals surface area contributed by atoms with E-state index in [2.05, 4.69) is 6.58 Å². The number of hydrogen-bond donors (Lipinski definition) is 1. The Labute approximate surface area is 139 Å². The fourth-order valence-electron chi connectivity index (χ4n) is 2.15. The first-order chi connectivity index (χ1) is 11.4. The second-order valence-corrected chi connectivity index (χ2v) is 6.14. The minimum atomic E-state index is -0.702. The lowest BCUT2D eigenvalue weighted by atomic mass is 10.2. The van der Waals surface area contributed by atoms with Gasteiger partial charge in [0.2, 0.25) is 0 Å². The molecule has 24 heavy (non-hydrogen) atoms. The van der Waals surface area contributed by atoms with Crippen LogP contribution in [0.1, 0.15) is 15.9 Å². The van der Waals surface area contributed by atoms with Crippen LogP contribution >= 0.6 is 11.3 Å². The molecule has 2 aromatic heterocycles. The number of aliphatic hydroxyl groups excluding tert-OH is 1. The van der Waals surface area contributed by atoms with E-state index in [-0.39, 0.29) is 17.2 Å². The van der Waals surface area contributed by atoms with Crippen LogP contribution < -0.4 is 10.5 Å². The SMILES string of the molecule is C=C(O)c1cc2sc(N(C)C(=O)c3ccc(F)cc3)cc2oc1=O. The molecule has 0 bridgehead atoms. The lowest BCUT2D eigenvalue weighted by molar-refractivity contribution is 0.0993. The summed E-state index contributed by atoms with van der Waals surface area (Å²) in [6.07, 6.45) is 0. The molecule has 2 heterocycles. The molecule has 7 heteroatoms. The molecule has 0 fully saturated rings. The van der Waals surface area contributed by atoms with Crippen LogP contribution in [0.4, 0.5) is 9.39 Å². The fraction of sp³-hybridized carbons (Fsp3) is 0.0588. The van der Waals surface area contributed by atoms with E-state index >= 15 is 0 Å². The summed E-state index contributed by atoms with van der Waals surface area (Å²) < 4.78 is 18.7. The third-order valence-electron chi connectivity index (χ3n) is 3.45. The van der Waals surface area contributed by atoms with Crippen molar-refractivity contribution in [3.8, 4) is 0 Å². The molecule has 122 valence electrons. The van der Waals surface area contributed by atoms with E-state index in [1.807, 2.05) is 0 Å². The number of amides is 1. The Bertz CT molecular complexity index is 1000. The number of benzene rings is 1. The molecule has 1 aromatic carbocycles. The van der Waals surface area contributed by atoms with Gasteiger partial charge in [-0.25, -0.2) is 9.18 Å². The van der Waals surface area contributed by atoms with Crippen LogP contribution in [-0.2, 0) is 0 Å². The summed E-state index contributed by atoms with van der Waals surface area (Å²) >= 11 is 1.22. The first kappa shape index (κ1) is 15.9. The number of nitrogens with zero attached hydrogens (tertiary/aromatic N) is 1. The molecule has 1 N–H and O–H groups in total. The van der Waals surface area contributed by atoms with Crippen LogP contribution in [0, 0.1) is 5.82 Å². The van der Waals surface area contributed by atoms with Gasteiger partial charge in [0, 0.05) is 18.7 Å². The number of aliphatic hydroxyl groups is 1. The van der Waals surface area contributed by atoms with Crippen LogP contribution in [-0.4, -0.2) is 18.1 Å². The lowest BCUT2D eigenvalue weighted by Gasteiger charge is -2.14. The van der Waals surface area contributed by atoms with Crippen molar-refractivity contribution in [2.24, 2.45) is 0 Å². The number of rotatable bonds is 3. The van der Waals surface area contributed by atoms with Crippen molar-refractivity contribution >= 4 is 38.3 Å². The van der Waals surface area contributed by atoms with Crippen LogP contribution in [0.3, 0.4) is 0 Å². The second-order valence-electron chi connectivity index (χ2n) is 5.08. The highest BCUT2D eigenvalue weighted by molar-refractivity contribution is 7.22. The van der Waals surface area contributed by atoms with E-state index in [1.54, 1.807) is 13.1 Å². The molecule has 5 nitrogen and oxygen atoms in total. The minimum Gasteiger partial charge on any atom is -0.508 e. The van der Waals surface area contributed by atoms with Crippen molar-refractivity contribution in [2.75, 3.05) is 11.9 Å². The van der Waals surface area contributed by atoms with E-state index in [1.165, 1.54) is 46.6 Å². The zero-order valence-corrected chi connectivity index (χ0v) is 13.4. The predicted molar refractivity (Wildman–Crippen MR) is 91.2 cm³/mol. The highest BCUT2D eigenvalue weighted by Gasteiger charge is 2.18. The molecule has 0 aliphatic heterocycles. The van der Waals surface area contributed by atoms with E-state index in [9.17, 15) is 19.1 Å². The topological polar surface area (TPSA) is 70.8 Å². The van der Waals surface area contributed by atoms with E-state index in [0.29, 0.717) is 20.8 Å². The van der Waals surface area contributed by atoms with Crippen LogP contribution in [0.15, 0.2) is 52.2 Å². The molecule has 0 radical (unpaired) electrons. The molecule has 0 aliphatic carbocycles. The average Bonchev–Trinajstić information content (AvgIpc) is 2.96. The zero-order chi connectivity index (χ0) is 17.4. The van der Waals surface area contributed by atoms with Crippen molar-refractivity contribution in [2.45, 2.75) is 0 Å². The van der Waals surface area contributed by atoms with Gasteiger partial charge in [-0.15, -0.1) is 11.3 Å². The number of carbonyl (C=O) groups is 1. The fourth-order valence-corrected chi connectivity index (χ4v) is 3.14. The van der Waals surface area contributed by atoms with Gasteiger partial charge in [0.25, 0.3) is 5.91 Å². The van der Waals surface area contributed by atoms with Crippen molar-refractivity contribution in [3.63, 3.8) is 0 Å². The highest BCUT2D eigenvalue weighted by atomic mass is 32.1. The smallest absolute Gasteiger partial charge is 0.347 e. The van der Waals surface area contributed by atoms with Crippen molar-refractivity contribution in [1.29, 1.82) is 0 Å². The minimum absolute atomic E-state index is 0.0246. The summed E-state index contributed by atoms with van der Waals surface area (Å²) in [5.41, 5.74) is -0.0822. The molecule has 0 spiro atoms. The van der Waals surface area contributed by atoms with Crippen LogP contribution in [0.25, 0.3) is 16.0 Å². The number of anilines is 1. The average molecular weight is 345 g/mol. The number of carbonyl (C=O) groups excluding carboxylic acids is 1. The zero-order valence-electron chi connectivity index (χ0n) is 12.6.